The van der Waals surface area contributed by atoms with E-state index in [4.69, 9.17) is 8.83 Å². The molecule has 142 valence electrons. The molecule has 3 aromatic heterocycles. The number of carbonyl (C=O) groups excluding carboxylic acids is 1. The van der Waals surface area contributed by atoms with E-state index in [-0.39, 0.29) is 11.9 Å². The molecule has 7 heteroatoms. The molecule has 1 aliphatic heterocycles. The van der Waals surface area contributed by atoms with Crippen LogP contribution in [-0.2, 0) is 0 Å². The van der Waals surface area contributed by atoms with Crippen molar-refractivity contribution in [2.24, 2.45) is 0 Å². The highest BCUT2D eigenvalue weighted by Crippen LogP contribution is 2.33. The van der Waals surface area contributed by atoms with Gasteiger partial charge in [0.2, 0.25) is 0 Å². The maximum absolute atomic E-state index is 12.4. The number of aryl methyl sites for hydroxylation is 1. The lowest BCUT2D eigenvalue weighted by atomic mass is 10.0. The van der Waals surface area contributed by atoms with E-state index in [9.17, 15) is 4.79 Å². The van der Waals surface area contributed by atoms with E-state index in [0.717, 1.165) is 53.8 Å². The highest BCUT2D eigenvalue weighted by atomic mass is 16.3. The first-order chi connectivity index (χ1) is 13.7. The second-order valence-corrected chi connectivity index (χ2v) is 7.10. The topological polar surface area (TPSA) is 84.4 Å². The van der Waals surface area contributed by atoms with Crippen molar-refractivity contribution in [3.8, 4) is 0 Å². The number of hydrogen-bond donors (Lipinski definition) is 1. The van der Waals surface area contributed by atoms with Crippen molar-refractivity contribution in [1.82, 2.24) is 15.3 Å². The first kappa shape index (κ1) is 16.8. The summed E-state index contributed by atoms with van der Waals surface area (Å²) in [4.78, 5) is 23.5. The van der Waals surface area contributed by atoms with Gasteiger partial charge in [0, 0.05) is 24.5 Å². The lowest BCUT2D eigenvalue weighted by Crippen LogP contribution is -2.45. The number of nitrogens with zero attached hydrogens (tertiary/aromatic N) is 3. The SMILES string of the molecule is Cc1occc1C(=O)NC1CCN(c2ncnc3c2oc2ccccc23)CC1. The predicted molar refractivity (Wildman–Crippen MR) is 105 cm³/mol. The third-order valence-electron chi connectivity index (χ3n) is 5.37. The van der Waals surface area contributed by atoms with E-state index in [2.05, 4.69) is 20.2 Å². The van der Waals surface area contributed by atoms with Gasteiger partial charge in [-0.25, -0.2) is 9.97 Å². The molecule has 4 aromatic rings. The zero-order valence-electron chi connectivity index (χ0n) is 15.5. The van der Waals surface area contributed by atoms with Gasteiger partial charge in [0.25, 0.3) is 5.91 Å². The molecule has 1 N–H and O–H groups in total. The summed E-state index contributed by atoms with van der Waals surface area (Å²) in [5, 5.41) is 4.11. The van der Waals surface area contributed by atoms with Crippen molar-refractivity contribution >= 4 is 33.8 Å². The second-order valence-electron chi connectivity index (χ2n) is 7.10. The largest absolute Gasteiger partial charge is 0.469 e. The molecular weight excluding hydrogens is 356 g/mol. The second kappa shape index (κ2) is 6.67. The fraction of sp³-hybridized carbons (Fsp3) is 0.286. The number of aromatic nitrogens is 2. The number of rotatable bonds is 3. The molecule has 0 aliphatic carbocycles. The molecule has 0 spiro atoms. The Balaban J connectivity index is 1.33. The standard InChI is InChI=1S/C21H20N4O3/c1-13-15(8-11-27-13)21(26)24-14-6-9-25(10-7-14)20-19-18(22-12-23-20)16-4-2-3-5-17(16)28-19/h2-5,8,11-12,14H,6-7,9-10H2,1H3,(H,24,26). The Kier molecular flexibility index (Phi) is 4.00. The average Bonchev–Trinajstić information content (AvgIpc) is 3.32. The van der Waals surface area contributed by atoms with Gasteiger partial charge in [0.1, 0.15) is 23.2 Å². The third kappa shape index (κ3) is 2.79. The summed E-state index contributed by atoms with van der Waals surface area (Å²) in [5.74, 6) is 1.38. The zero-order chi connectivity index (χ0) is 19.1. The van der Waals surface area contributed by atoms with Crippen LogP contribution in [0.15, 0.2) is 51.8 Å². The highest BCUT2D eigenvalue weighted by Gasteiger charge is 2.25. The Labute approximate surface area is 161 Å². The number of furan rings is 2. The fourth-order valence-electron chi connectivity index (χ4n) is 3.86. The molecule has 28 heavy (non-hydrogen) atoms. The van der Waals surface area contributed by atoms with Crippen LogP contribution in [0.2, 0.25) is 0 Å². The van der Waals surface area contributed by atoms with Crippen LogP contribution in [0.3, 0.4) is 0 Å². The summed E-state index contributed by atoms with van der Waals surface area (Å²) >= 11 is 0. The number of nitrogens with one attached hydrogen (secondary N) is 1. The molecule has 0 saturated carbocycles. The zero-order valence-corrected chi connectivity index (χ0v) is 15.5. The quantitative estimate of drug-likeness (QED) is 0.587. The number of para-hydroxylation sites is 1. The molecule has 1 saturated heterocycles. The first-order valence-electron chi connectivity index (χ1n) is 9.43. The lowest BCUT2D eigenvalue weighted by Gasteiger charge is -2.32. The smallest absolute Gasteiger partial charge is 0.255 e. The number of carbonyl (C=O) groups is 1. The van der Waals surface area contributed by atoms with Gasteiger partial charge in [0.05, 0.1) is 11.8 Å². The van der Waals surface area contributed by atoms with Gasteiger partial charge in [-0.05, 0) is 38.0 Å². The molecule has 7 nitrogen and oxygen atoms in total. The van der Waals surface area contributed by atoms with Gasteiger partial charge >= 0.3 is 0 Å². The molecule has 0 unspecified atom stereocenters. The average molecular weight is 376 g/mol. The van der Waals surface area contributed by atoms with Crippen molar-refractivity contribution in [2.75, 3.05) is 18.0 Å². The minimum absolute atomic E-state index is 0.0774. The molecule has 4 heterocycles. The van der Waals surface area contributed by atoms with Crippen LogP contribution in [-0.4, -0.2) is 35.0 Å². The monoisotopic (exact) mass is 376 g/mol. The van der Waals surface area contributed by atoms with Crippen molar-refractivity contribution in [2.45, 2.75) is 25.8 Å². The molecule has 1 amide bonds. The summed E-state index contributed by atoms with van der Waals surface area (Å²) in [6.45, 7) is 3.38. The van der Waals surface area contributed by atoms with Crippen LogP contribution in [0.4, 0.5) is 5.82 Å². The minimum atomic E-state index is -0.0774. The van der Waals surface area contributed by atoms with Crippen molar-refractivity contribution in [1.29, 1.82) is 0 Å². The molecule has 0 atom stereocenters. The lowest BCUT2D eigenvalue weighted by molar-refractivity contribution is 0.0929. The Bertz CT molecular complexity index is 1150. The van der Waals surface area contributed by atoms with Crippen LogP contribution in [0.1, 0.15) is 29.0 Å². The molecule has 0 radical (unpaired) electrons. The Morgan fingerprint density at radius 1 is 1.18 bits per heavy atom. The van der Waals surface area contributed by atoms with Gasteiger partial charge in [-0.2, -0.15) is 0 Å². The van der Waals surface area contributed by atoms with E-state index < -0.39 is 0 Å². The number of fused-ring (bicyclic) bond motifs is 3. The van der Waals surface area contributed by atoms with Crippen molar-refractivity contribution < 1.29 is 13.6 Å². The molecule has 1 fully saturated rings. The number of piperidine rings is 1. The Hall–Kier alpha value is -3.35. The van der Waals surface area contributed by atoms with E-state index in [0.29, 0.717) is 11.3 Å². The molecule has 1 aliphatic rings. The van der Waals surface area contributed by atoms with E-state index in [1.807, 2.05) is 24.3 Å². The molecule has 1 aromatic carbocycles. The van der Waals surface area contributed by atoms with Gasteiger partial charge in [-0.1, -0.05) is 12.1 Å². The van der Waals surface area contributed by atoms with E-state index >= 15 is 0 Å². The first-order valence-corrected chi connectivity index (χ1v) is 9.43. The normalized spacial score (nSPS) is 15.4. The van der Waals surface area contributed by atoms with Crippen molar-refractivity contribution in [3.63, 3.8) is 0 Å². The van der Waals surface area contributed by atoms with Gasteiger partial charge < -0.3 is 19.1 Å². The van der Waals surface area contributed by atoms with Gasteiger partial charge in [-0.3, -0.25) is 4.79 Å². The van der Waals surface area contributed by atoms with E-state index in [1.165, 1.54) is 0 Å². The maximum atomic E-state index is 12.4. The summed E-state index contributed by atoms with van der Waals surface area (Å²) in [5.41, 5.74) is 2.98. The van der Waals surface area contributed by atoms with Crippen LogP contribution in [0.5, 0.6) is 0 Å². The van der Waals surface area contributed by atoms with Crippen LogP contribution in [0, 0.1) is 6.92 Å². The third-order valence-corrected chi connectivity index (χ3v) is 5.37. The summed E-state index contributed by atoms with van der Waals surface area (Å²) in [6, 6.07) is 9.73. The molecule has 5 rings (SSSR count). The Morgan fingerprint density at radius 2 is 2.00 bits per heavy atom. The number of amides is 1. The molecule has 0 bridgehead atoms. The maximum Gasteiger partial charge on any atom is 0.255 e. The number of anilines is 1. The van der Waals surface area contributed by atoms with Gasteiger partial charge in [-0.15, -0.1) is 0 Å². The summed E-state index contributed by atoms with van der Waals surface area (Å²) in [7, 11) is 0. The van der Waals surface area contributed by atoms with Crippen molar-refractivity contribution in [3.05, 3.63) is 54.2 Å². The summed E-state index contributed by atoms with van der Waals surface area (Å²) in [6.07, 6.45) is 4.82. The van der Waals surface area contributed by atoms with Crippen LogP contribution in [0.25, 0.3) is 22.1 Å². The Morgan fingerprint density at radius 3 is 2.79 bits per heavy atom. The predicted octanol–water partition coefficient (Wildman–Crippen LogP) is 3.68. The van der Waals surface area contributed by atoms with Crippen LogP contribution >= 0.6 is 0 Å². The van der Waals surface area contributed by atoms with Crippen LogP contribution < -0.4 is 10.2 Å². The van der Waals surface area contributed by atoms with E-state index in [1.54, 1.807) is 25.6 Å². The highest BCUT2D eigenvalue weighted by molar-refractivity contribution is 6.05. The summed E-state index contributed by atoms with van der Waals surface area (Å²) < 4.78 is 11.3. The molecular formula is C21H20N4O3. The van der Waals surface area contributed by atoms with Gasteiger partial charge in [0.15, 0.2) is 11.4 Å². The number of benzene rings is 1. The number of hydrogen-bond acceptors (Lipinski definition) is 6. The minimum Gasteiger partial charge on any atom is -0.469 e. The fourth-order valence-corrected chi connectivity index (χ4v) is 3.86.